The van der Waals surface area contributed by atoms with E-state index in [-0.39, 0.29) is 18.5 Å². The number of carboxylic acid groups (broad SMARTS) is 1. The summed E-state index contributed by atoms with van der Waals surface area (Å²) in [6.45, 7) is 0. The van der Waals surface area contributed by atoms with E-state index in [1.807, 2.05) is 4.72 Å². The van der Waals surface area contributed by atoms with Crippen molar-refractivity contribution in [3.8, 4) is 0 Å². The molecule has 8 nitrogen and oxygen atoms in total. The van der Waals surface area contributed by atoms with Crippen LogP contribution in [0.5, 0.6) is 0 Å². The predicted molar refractivity (Wildman–Crippen MR) is 67.3 cm³/mol. The van der Waals surface area contributed by atoms with Crippen LogP contribution < -0.4 is 4.72 Å². The molecule has 1 aromatic rings. The summed E-state index contributed by atoms with van der Waals surface area (Å²) in [6, 6.07) is 2.40. The summed E-state index contributed by atoms with van der Waals surface area (Å²) in [5.74, 6) is -2.52. The van der Waals surface area contributed by atoms with Crippen LogP contribution in [0, 0.1) is 15.9 Å². The number of benzene rings is 1. The van der Waals surface area contributed by atoms with Gasteiger partial charge in [-0.05, 0) is 18.6 Å². The highest BCUT2D eigenvalue weighted by molar-refractivity contribution is 7.92. The summed E-state index contributed by atoms with van der Waals surface area (Å²) >= 11 is 0. The van der Waals surface area contributed by atoms with Gasteiger partial charge >= 0.3 is 5.97 Å². The van der Waals surface area contributed by atoms with Crippen LogP contribution >= 0.6 is 0 Å². The largest absolute Gasteiger partial charge is 0.481 e. The molecule has 0 spiro atoms. The van der Waals surface area contributed by atoms with E-state index in [0.29, 0.717) is 6.07 Å². The van der Waals surface area contributed by atoms with Gasteiger partial charge < -0.3 is 5.11 Å². The van der Waals surface area contributed by atoms with Crippen LogP contribution in [-0.4, -0.2) is 30.2 Å². The fourth-order valence-corrected chi connectivity index (χ4v) is 2.51. The number of nitrogens with zero attached hydrogens (tertiary/aromatic N) is 1. The number of sulfonamides is 1. The van der Waals surface area contributed by atoms with Gasteiger partial charge in [-0.1, -0.05) is 0 Å². The number of nitro groups is 1. The van der Waals surface area contributed by atoms with Crippen molar-refractivity contribution in [2.24, 2.45) is 0 Å². The molecule has 0 radical (unpaired) electrons. The Balaban J connectivity index is 2.87. The maximum absolute atomic E-state index is 12.9. The summed E-state index contributed by atoms with van der Waals surface area (Å²) in [5.41, 5.74) is -1.08. The van der Waals surface area contributed by atoms with Gasteiger partial charge in [-0.15, -0.1) is 0 Å². The summed E-state index contributed by atoms with van der Waals surface area (Å²) in [7, 11) is -3.94. The number of hydrogen-bond donors (Lipinski definition) is 2. The lowest BCUT2D eigenvalue weighted by Gasteiger charge is -2.07. The molecule has 0 saturated carbocycles. The lowest BCUT2D eigenvalue weighted by Crippen LogP contribution is -2.18. The zero-order chi connectivity index (χ0) is 15.3. The quantitative estimate of drug-likeness (QED) is 0.578. The zero-order valence-electron chi connectivity index (χ0n) is 10.1. The molecule has 20 heavy (non-hydrogen) atoms. The molecule has 2 N–H and O–H groups in total. The Kier molecular flexibility index (Phi) is 4.97. The molecule has 0 saturated heterocycles. The van der Waals surface area contributed by atoms with E-state index in [0.717, 1.165) is 12.1 Å². The van der Waals surface area contributed by atoms with E-state index in [1.165, 1.54) is 0 Å². The number of hydrogen-bond acceptors (Lipinski definition) is 5. The SMILES string of the molecule is O=C(O)CCCS(=O)(=O)Nc1ccc(F)cc1[N+](=O)[O-]. The molecule has 0 unspecified atom stereocenters. The van der Waals surface area contributed by atoms with Gasteiger partial charge in [-0.2, -0.15) is 0 Å². The second-order valence-electron chi connectivity index (χ2n) is 3.84. The van der Waals surface area contributed by atoms with Gasteiger partial charge in [0.05, 0.1) is 16.7 Å². The van der Waals surface area contributed by atoms with Crippen molar-refractivity contribution in [2.45, 2.75) is 12.8 Å². The highest BCUT2D eigenvalue weighted by Crippen LogP contribution is 2.26. The molecule has 0 aliphatic carbocycles. The van der Waals surface area contributed by atoms with E-state index in [1.54, 1.807) is 0 Å². The third-order valence-corrected chi connectivity index (χ3v) is 3.58. The average molecular weight is 306 g/mol. The first-order chi connectivity index (χ1) is 9.21. The number of nitro benzene ring substituents is 1. The maximum atomic E-state index is 12.9. The maximum Gasteiger partial charge on any atom is 0.303 e. The molecule has 10 heteroatoms. The molecule has 1 aromatic carbocycles. The fraction of sp³-hybridized carbons (Fsp3) is 0.300. The average Bonchev–Trinajstić information content (AvgIpc) is 2.30. The molecule has 0 aromatic heterocycles. The normalized spacial score (nSPS) is 11.1. The van der Waals surface area contributed by atoms with Crippen molar-refractivity contribution in [1.29, 1.82) is 0 Å². The number of halogens is 1. The molecule has 0 heterocycles. The highest BCUT2D eigenvalue weighted by atomic mass is 32.2. The van der Waals surface area contributed by atoms with E-state index < -0.39 is 38.2 Å². The molecule has 0 atom stereocenters. The van der Waals surface area contributed by atoms with Gasteiger partial charge in [0, 0.05) is 6.42 Å². The first kappa shape index (κ1) is 15.8. The smallest absolute Gasteiger partial charge is 0.303 e. The van der Waals surface area contributed by atoms with Gasteiger partial charge in [0.1, 0.15) is 11.5 Å². The second kappa shape index (κ2) is 6.28. The molecule has 110 valence electrons. The van der Waals surface area contributed by atoms with Crippen molar-refractivity contribution in [3.05, 3.63) is 34.1 Å². The zero-order valence-corrected chi connectivity index (χ0v) is 10.9. The lowest BCUT2D eigenvalue weighted by molar-refractivity contribution is -0.384. The first-order valence-corrected chi connectivity index (χ1v) is 7.03. The molecule has 0 amide bonds. The Morgan fingerprint density at radius 2 is 2.10 bits per heavy atom. The Morgan fingerprint density at radius 1 is 1.45 bits per heavy atom. The Morgan fingerprint density at radius 3 is 2.65 bits per heavy atom. The summed E-state index contributed by atoms with van der Waals surface area (Å²) in [6.07, 6.45) is -0.480. The Hall–Kier alpha value is -2.23. The van der Waals surface area contributed by atoms with Gasteiger partial charge in [0.25, 0.3) is 5.69 Å². The van der Waals surface area contributed by atoms with Crippen LogP contribution in [0.25, 0.3) is 0 Å². The number of nitrogens with one attached hydrogen (secondary N) is 1. The van der Waals surface area contributed by atoms with Crippen molar-refractivity contribution < 1.29 is 27.6 Å². The van der Waals surface area contributed by atoms with Crippen molar-refractivity contribution in [1.82, 2.24) is 0 Å². The van der Waals surface area contributed by atoms with Crippen LogP contribution in [0.2, 0.25) is 0 Å². The Labute approximate surface area is 113 Å². The number of carboxylic acids is 1. The lowest BCUT2D eigenvalue weighted by atomic mass is 10.3. The van der Waals surface area contributed by atoms with E-state index in [4.69, 9.17) is 5.11 Å². The number of aliphatic carboxylic acids is 1. The number of carbonyl (C=O) groups is 1. The van der Waals surface area contributed by atoms with E-state index in [9.17, 15) is 27.7 Å². The van der Waals surface area contributed by atoms with Crippen LogP contribution in [-0.2, 0) is 14.8 Å². The number of rotatable bonds is 7. The third kappa shape index (κ3) is 4.80. The second-order valence-corrected chi connectivity index (χ2v) is 5.68. The number of anilines is 1. The summed E-state index contributed by atoms with van der Waals surface area (Å²) < 4.78 is 38.1. The first-order valence-electron chi connectivity index (χ1n) is 5.37. The standard InChI is InChI=1S/C10H11FN2O6S/c11-7-3-4-8(9(6-7)13(16)17)12-20(18,19)5-1-2-10(14)15/h3-4,6,12H,1-2,5H2,(H,14,15). The van der Waals surface area contributed by atoms with Crippen molar-refractivity contribution >= 4 is 27.4 Å². The van der Waals surface area contributed by atoms with Gasteiger partial charge in [-0.25, -0.2) is 12.8 Å². The molecular weight excluding hydrogens is 295 g/mol. The van der Waals surface area contributed by atoms with Crippen LogP contribution in [0.4, 0.5) is 15.8 Å². The van der Waals surface area contributed by atoms with Crippen LogP contribution in [0.15, 0.2) is 18.2 Å². The van der Waals surface area contributed by atoms with Crippen LogP contribution in [0.1, 0.15) is 12.8 Å². The fourth-order valence-electron chi connectivity index (χ4n) is 1.37. The van der Waals surface area contributed by atoms with Gasteiger partial charge in [0.15, 0.2) is 0 Å². The minimum atomic E-state index is -3.94. The highest BCUT2D eigenvalue weighted by Gasteiger charge is 2.20. The van der Waals surface area contributed by atoms with Crippen molar-refractivity contribution in [3.63, 3.8) is 0 Å². The van der Waals surface area contributed by atoms with Gasteiger partial charge in [-0.3, -0.25) is 19.6 Å². The van der Waals surface area contributed by atoms with Crippen molar-refractivity contribution in [2.75, 3.05) is 10.5 Å². The molecular formula is C10H11FN2O6S. The Bertz CT molecular complexity index is 631. The molecule has 0 bridgehead atoms. The van der Waals surface area contributed by atoms with E-state index >= 15 is 0 Å². The molecule has 0 fully saturated rings. The molecule has 0 aliphatic heterocycles. The minimum Gasteiger partial charge on any atom is -0.481 e. The van der Waals surface area contributed by atoms with Gasteiger partial charge in [0.2, 0.25) is 10.0 Å². The third-order valence-electron chi connectivity index (χ3n) is 2.23. The monoisotopic (exact) mass is 306 g/mol. The van der Waals surface area contributed by atoms with Crippen LogP contribution in [0.3, 0.4) is 0 Å². The van der Waals surface area contributed by atoms with E-state index in [2.05, 4.69) is 0 Å². The topological polar surface area (TPSA) is 127 Å². The molecule has 1 rings (SSSR count). The minimum absolute atomic E-state index is 0.139. The molecule has 0 aliphatic rings. The summed E-state index contributed by atoms with van der Waals surface area (Å²) in [4.78, 5) is 20.0. The summed E-state index contributed by atoms with van der Waals surface area (Å²) in [5, 5.41) is 19.1. The predicted octanol–water partition coefficient (Wildman–Crippen LogP) is 1.34.